The molecule has 0 spiro atoms. The number of carbonyl (C=O) groups is 4. The summed E-state index contributed by atoms with van der Waals surface area (Å²) in [6.45, 7) is 2.09. The number of nitrogens with zero attached hydrogens (tertiary/aromatic N) is 4. The predicted molar refractivity (Wildman–Crippen MR) is 216 cm³/mol. The molecule has 24 heteroatoms. The van der Waals surface area contributed by atoms with Crippen LogP contribution in [0.4, 0.5) is 22.7 Å². The van der Waals surface area contributed by atoms with Crippen LogP contribution in [0.3, 0.4) is 0 Å². The molecule has 4 rings (SSSR count). The fourth-order valence-electron chi connectivity index (χ4n) is 5.22. The molecule has 2 amide bonds. The third-order valence-corrected chi connectivity index (χ3v) is 10.5. The number of carbonyl (C=O) groups excluding carboxylic acids is 4. The Morgan fingerprint density at radius 2 is 0.900 bits per heavy atom. The Morgan fingerprint density at radius 3 is 1.18 bits per heavy atom. The van der Waals surface area contributed by atoms with Gasteiger partial charge in [-0.15, -0.1) is 0 Å². The average Bonchev–Trinajstić information content (AvgIpc) is 3.17. The molecule has 0 aliphatic heterocycles. The van der Waals surface area contributed by atoms with E-state index in [-0.39, 0.29) is 55.8 Å². The molecule has 0 heterocycles. The molecule has 4 aromatic carbocycles. The average molecular weight is 910 g/mol. The van der Waals surface area contributed by atoms with E-state index in [0.717, 1.165) is 50.2 Å². The predicted octanol–water partition coefficient (Wildman–Crippen LogP) is 6.55. The summed E-state index contributed by atoms with van der Waals surface area (Å²) in [5, 5.41) is 20.4. The van der Waals surface area contributed by atoms with Crippen LogP contribution in [0.5, 0.6) is 23.0 Å². The third kappa shape index (κ3) is 11.2. The fraction of sp³-hybridized carbons (Fsp3) is 0.222. The summed E-state index contributed by atoms with van der Waals surface area (Å²) in [5.41, 5.74) is -1.45. The summed E-state index contributed by atoms with van der Waals surface area (Å²) in [5.74, 6) is -2.95. The van der Waals surface area contributed by atoms with Gasteiger partial charge in [0, 0.05) is 35.4 Å². The highest BCUT2D eigenvalue weighted by atomic mass is 35.5. The second kappa shape index (κ2) is 19.4. The van der Waals surface area contributed by atoms with E-state index in [9.17, 15) is 45.1 Å². The summed E-state index contributed by atoms with van der Waals surface area (Å²) in [6.07, 6.45) is 0. The topological polar surface area (TPSA) is 287 Å². The molecule has 0 aliphatic carbocycles. The summed E-state index contributed by atoms with van der Waals surface area (Å²) >= 11 is 12.2. The lowest BCUT2D eigenvalue weighted by Gasteiger charge is -2.15. The van der Waals surface area contributed by atoms with Gasteiger partial charge in [-0.25, -0.2) is 0 Å². The van der Waals surface area contributed by atoms with Crippen LogP contribution in [0.2, 0.25) is 10.0 Å². The van der Waals surface area contributed by atoms with Crippen molar-refractivity contribution in [2.75, 3.05) is 39.1 Å². The van der Waals surface area contributed by atoms with E-state index in [0.29, 0.717) is 0 Å². The van der Waals surface area contributed by atoms with Crippen molar-refractivity contribution in [3.63, 3.8) is 0 Å². The first kappa shape index (κ1) is 46.6. The molecule has 0 bridgehead atoms. The van der Waals surface area contributed by atoms with Crippen molar-refractivity contribution in [2.45, 2.75) is 35.7 Å². The lowest BCUT2D eigenvalue weighted by Crippen LogP contribution is -2.32. The number of halogens is 2. The number of hydrogen-bond acceptors (Lipinski definition) is 16. The highest BCUT2D eigenvalue weighted by Gasteiger charge is 2.28. The van der Waals surface area contributed by atoms with E-state index in [1.54, 1.807) is 0 Å². The van der Waals surface area contributed by atoms with Gasteiger partial charge in [-0.1, -0.05) is 35.3 Å². The molecule has 20 nitrogen and oxygen atoms in total. The molecule has 0 saturated carbocycles. The molecule has 0 radical (unpaired) electrons. The SMILES string of the molecule is COc1cc(NC(=O)C(N=Nc2ccc(-c3ccc(N=NC(C(C)=O)C(=O)Nc4cc(OC)c(Cl)cc4OC)cc3S(=O)(=O)O)c(S(=O)(=O)O)c2)C(C)=O)c(OC)cc1Cl. The molecule has 2 atom stereocenters. The van der Waals surface area contributed by atoms with Crippen molar-refractivity contribution in [2.24, 2.45) is 20.5 Å². The van der Waals surface area contributed by atoms with E-state index in [1.165, 1.54) is 52.7 Å². The van der Waals surface area contributed by atoms with E-state index in [2.05, 4.69) is 31.1 Å². The maximum Gasteiger partial charge on any atom is 0.295 e. The first-order chi connectivity index (χ1) is 28.1. The second-order valence-electron chi connectivity index (χ2n) is 12.1. The van der Waals surface area contributed by atoms with Gasteiger partial charge >= 0.3 is 0 Å². The number of methoxy groups -OCH3 is 4. The monoisotopic (exact) mass is 908 g/mol. The van der Waals surface area contributed by atoms with E-state index in [1.807, 2.05) is 0 Å². The number of anilines is 2. The molecule has 318 valence electrons. The van der Waals surface area contributed by atoms with Crippen LogP contribution in [0, 0.1) is 0 Å². The first-order valence-corrected chi connectivity index (χ1v) is 20.3. The Kier molecular flexibility index (Phi) is 15.0. The van der Waals surface area contributed by atoms with Gasteiger partial charge in [-0.2, -0.15) is 37.3 Å². The summed E-state index contributed by atoms with van der Waals surface area (Å²) in [4.78, 5) is 49.3. The van der Waals surface area contributed by atoms with Crippen LogP contribution in [-0.2, 0) is 39.4 Å². The van der Waals surface area contributed by atoms with Crippen molar-refractivity contribution in [1.82, 2.24) is 0 Å². The number of amides is 2. The van der Waals surface area contributed by atoms with Gasteiger partial charge in [-0.3, -0.25) is 28.3 Å². The van der Waals surface area contributed by atoms with Crippen LogP contribution in [-0.4, -0.2) is 89.8 Å². The first-order valence-electron chi connectivity index (χ1n) is 16.6. The van der Waals surface area contributed by atoms with Crippen LogP contribution >= 0.6 is 23.2 Å². The second-order valence-corrected chi connectivity index (χ2v) is 15.7. The van der Waals surface area contributed by atoms with Gasteiger partial charge in [0.1, 0.15) is 32.8 Å². The van der Waals surface area contributed by atoms with E-state index < -0.39 is 76.6 Å². The zero-order valence-corrected chi connectivity index (χ0v) is 35.2. The highest BCUT2D eigenvalue weighted by Crippen LogP contribution is 2.39. The number of benzene rings is 4. The Morgan fingerprint density at radius 1 is 0.567 bits per heavy atom. The minimum atomic E-state index is -5.19. The van der Waals surface area contributed by atoms with E-state index in [4.69, 9.17) is 42.1 Å². The highest BCUT2D eigenvalue weighted by molar-refractivity contribution is 7.86. The molecular weight excluding hydrogens is 875 g/mol. The summed E-state index contributed by atoms with van der Waals surface area (Å²) in [6, 6.07) is 7.58. The van der Waals surface area contributed by atoms with Gasteiger partial charge in [-0.05, 0) is 38.1 Å². The maximum absolute atomic E-state index is 13.1. The molecule has 60 heavy (non-hydrogen) atoms. The third-order valence-electron chi connectivity index (χ3n) is 8.08. The zero-order chi connectivity index (χ0) is 44.7. The number of hydrogen-bond donors (Lipinski definition) is 4. The van der Waals surface area contributed by atoms with E-state index >= 15 is 0 Å². The van der Waals surface area contributed by atoms with Gasteiger partial charge in [0.15, 0.2) is 11.6 Å². The van der Waals surface area contributed by atoms with Gasteiger partial charge in [0.2, 0.25) is 12.1 Å². The number of Topliss-reactive ketones (excluding diaryl/α,β-unsaturated/α-hetero) is 2. The summed E-state index contributed by atoms with van der Waals surface area (Å²) < 4.78 is 91.6. The minimum Gasteiger partial charge on any atom is -0.495 e. The van der Waals surface area contributed by atoms with Crippen LogP contribution in [0.1, 0.15) is 13.8 Å². The Labute approximate surface area is 352 Å². The number of azo groups is 2. The zero-order valence-electron chi connectivity index (χ0n) is 32.1. The number of ketones is 2. The standard InChI is InChI=1S/C36H34Cl2N6O14S2/c1-17(45)33(35(47)39-25-15-27(55-3)23(37)13-29(25)57-5)43-41-19-7-9-21(31(11-19)59(49,50)51)22-10-8-20(12-32(22)60(52,53)54)42-44-34(18(2)46)36(48)40-26-16-28(56-4)24(38)14-30(26)58-6/h7-16,33-34H,1-6H3,(H,39,47)(H,40,48)(H,49,50,51)(H,52,53,54). The van der Waals surface area contributed by atoms with Crippen LogP contribution < -0.4 is 29.6 Å². The van der Waals surface area contributed by atoms with Crippen molar-refractivity contribution in [3.8, 4) is 34.1 Å². The molecule has 2 unspecified atom stereocenters. The molecule has 0 fully saturated rings. The van der Waals surface area contributed by atoms with Crippen LogP contribution in [0.25, 0.3) is 11.1 Å². The van der Waals surface area contributed by atoms with Crippen molar-refractivity contribution in [1.29, 1.82) is 0 Å². The molecule has 0 aliphatic rings. The minimum absolute atomic E-state index is 0.0612. The normalized spacial score (nSPS) is 12.8. The van der Waals surface area contributed by atoms with Gasteiger partial charge < -0.3 is 29.6 Å². The fourth-order valence-corrected chi connectivity index (χ4v) is 7.14. The molecule has 4 aromatic rings. The quantitative estimate of drug-likeness (QED) is 0.0497. The lowest BCUT2D eigenvalue weighted by molar-refractivity contribution is -0.127. The van der Waals surface area contributed by atoms with Crippen molar-refractivity contribution >= 4 is 89.6 Å². The Hall–Kier alpha value is -6.04. The number of ether oxygens (including phenoxy) is 4. The molecule has 4 N–H and O–H groups in total. The Balaban J connectivity index is 1.69. The smallest absolute Gasteiger partial charge is 0.295 e. The molecular formula is C36H34Cl2N6O14S2. The summed E-state index contributed by atoms with van der Waals surface area (Å²) in [7, 11) is -5.11. The van der Waals surface area contributed by atoms with Gasteiger partial charge in [0.05, 0.1) is 61.2 Å². The molecule has 0 saturated heterocycles. The maximum atomic E-state index is 13.1. The largest absolute Gasteiger partial charge is 0.495 e. The Bertz CT molecular complexity index is 2480. The van der Waals surface area contributed by atoms with Crippen molar-refractivity contribution < 1.29 is 64.1 Å². The van der Waals surface area contributed by atoms with Gasteiger partial charge in [0.25, 0.3) is 32.1 Å². The number of nitrogens with one attached hydrogen (secondary N) is 2. The number of rotatable bonds is 17. The van der Waals surface area contributed by atoms with Crippen LogP contribution in [0.15, 0.2) is 90.9 Å². The van der Waals surface area contributed by atoms with Crippen molar-refractivity contribution in [3.05, 3.63) is 70.7 Å². The molecule has 0 aromatic heterocycles. The lowest BCUT2D eigenvalue weighted by atomic mass is 10.0.